The fourth-order valence-electron chi connectivity index (χ4n) is 3.78. The zero-order valence-electron chi connectivity index (χ0n) is 17.1. The molecule has 1 aromatic heterocycles. The third kappa shape index (κ3) is 6.28. The van der Waals surface area contributed by atoms with Gasteiger partial charge in [-0.05, 0) is 6.07 Å². The van der Waals surface area contributed by atoms with Gasteiger partial charge in [0, 0.05) is 77.1 Å². The zero-order chi connectivity index (χ0) is 19.2. The van der Waals surface area contributed by atoms with E-state index in [-0.39, 0.29) is 30.7 Å². The molecule has 164 valence electrons. The molecule has 9 heteroatoms. The molecule has 4 rings (SSSR count). The standard InChI is InChI=1S/C21H28N6O.2ClH/c28-20(27-12-9-22-10-13-27)7-11-25-14-16-26(17-15-25)19-6-8-23-21(24-19)18-4-2-1-3-5-18;;/h1-6,8,22H,7,9-17H2;2*1H. The summed E-state index contributed by atoms with van der Waals surface area (Å²) < 4.78 is 0. The molecule has 2 aromatic rings. The molecule has 0 saturated carbocycles. The minimum absolute atomic E-state index is 0. The van der Waals surface area contributed by atoms with Crippen LogP contribution in [-0.2, 0) is 4.79 Å². The smallest absolute Gasteiger partial charge is 0.223 e. The van der Waals surface area contributed by atoms with Crippen LogP contribution in [0.5, 0.6) is 0 Å². The maximum absolute atomic E-state index is 12.3. The van der Waals surface area contributed by atoms with Gasteiger partial charge in [0.25, 0.3) is 0 Å². The highest BCUT2D eigenvalue weighted by molar-refractivity contribution is 5.85. The number of rotatable bonds is 5. The lowest BCUT2D eigenvalue weighted by atomic mass is 10.2. The van der Waals surface area contributed by atoms with Crippen LogP contribution in [0.3, 0.4) is 0 Å². The molecule has 0 radical (unpaired) electrons. The van der Waals surface area contributed by atoms with Crippen molar-refractivity contribution in [3.05, 3.63) is 42.6 Å². The molecule has 0 unspecified atom stereocenters. The zero-order valence-corrected chi connectivity index (χ0v) is 18.7. The molecule has 0 spiro atoms. The Morgan fingerprint density at radius 2 is 1.63 bits per heavy atom. The predicted octanol–water partition coefficient (Wildman–Crippen LogP) is 1.93. The topological polar surface area (TPSA) is 64.6 Å². The van der Waals surface area contributed by atoms with Crippen LogP contribution in [0.4, 0.5) is 5.82 Å². The Kier molecular flexibility index (Phi) is 9.78. The number of hydrogen-bond acceptors (Lipinski definition) is 6. The van der Waals surface area contributed by atoms with Crippen LogP contribution in [0.2, 0.25) is 0 Å². The van der Waals surface area contributed by atoms with Gasteiger partial charge in [0.05, 0.1) is 0 Å². The SMILES string of the molecule is Cl.Cl.O=C(CCN1CCN(c2ccnc(-c3ccccc3)n2)CC1)N1CCNCC1. The van der Waals surface area contributed by atoms with E-state index in [2.05, 4.69) is 20.1 Å². The van der Waals surface area contributed by atoms with Crippen molar-refractivity contribution in [1.29, 1.82) is 0 Å². The first-order valence-corrected chi connectivity index (χ1v) is 10.1. The average molecular weight is 453 g/mol. The number of nitrogens with zero attached hydrogens (tertiary/aromatic N) is 5. The lowest BCUT2D eigenvalue weighted by Gasteiger charge is -2.36. The molecule has 2 saturated heterocycles. The fraction of sp³-hybridized carbons (Fsp3) is 0.476. The number of anilines is 1. The summed E-state index contributed by atoms with van der Waals surface area (Å²) in [6.07, 6.45) is 2.45. The Morgan fingerprint density at radius 1 is 0.933 bits per heavy atom. The predicted molar refractivity (Wildman–Crippen MR) is 125 cm³/mol. The Hall–Kier alpha value is -1.93. The van der Waals surface area contributed by atoms with Crippen molar-refractivity contribution in [2.45, 2.75) is 6.42 Å². The normalized spacial score (nSPS) is 17.1. The lowest BCUT2D eigenvalue weighted by Crippen LogP contribution is -2.49. The highest BCUT2D eigenvalue weighted by Gasteiger charge is 2.21. The first kappa shape index (κ1) is 24.3. The summed E-state index contributed by atoms with van der Waals surface area (Å²) in [7, 11) is 0. The lowest BCUT2D eigenvalue weighted by molar-refractivity contribution is -0.132. The van der Waals surface area contributed by atoms with Gasteiger partial charge < -0.3 is 15.1 Å². The minimum atomic E-state index is 0. The largest absolute Gasteiger partial charge is 0.354 e. The van der Waals surface area contributed by atoms with Gasteiger partial charge in [-0.1, -0.05) is 30.3 Å². The van der Waals surface area contributed by atoms with Gasteiger partial charge in [0.2, 0.25) is 5.91 Å². The summed E-state index contributed by atoms with van der Waals surface area (Å²) in [4.78, 5) is 28.2. The average Bonchev–Trinajstić information content (AvgIpc) is 2.79. The van der Waals surface area contributed by atoms with Crippen LogP contribution < -0.4 is 10.2 Å². The van der Waals surface area contributed by atoms with Gasteiger partial charge in [-0.15, -0.1) is 24.8 Å². The quantitative estimate of drug-likeness (QED) is 0.747. The van der Waals surface area contributed by atoms with E-state index >= 15 is 0 Å². The summed E-state index contributed by atoms with van der Waals surface area (Å²) in [5.41, 5.74) is 1.04. The Morgan fingerprint density at radius 3 is 2.33 bits per heavy atom. The van der Waals surface area contributed by atoms with Crippen molar-refractivity contribution in [1.82, 2.24) is 25.1 Å². The molecule has 1 N–H and O–H groups in total. The van der Waals surface area contributed by atoms with Crippen molar-refractivity contribution in [3.8, 4) is 11.4 Å². The van der Waals surface area contributed by atoms with Crippen molar-refractivity contribution in [2.24, 2.45) is 0 Å². The van der Waals surface area contributed by atoms with Crippen molar-refractivity contribution in [3.63, 3.8) is 0 Å². The second kappa shape index (κ2) is 12.1. The molecule has 1 amide bonds. The first-order chi connectivity index (χ1) is 13.8. The minimum Gasteiger partial charge on any atom is -0.354 e. The highest BCUT2D eigenvalue weighted by Crippen LogP contribution is 2.19. The summed E-state index contributed by atoms with van der Waals surface area (Å²) in [6.45, 7) is 8.10. The number of amides is 1. The van der Waals surface area contributed by atoms with E-state index in [1.165, 1.54) is 0 Å². The second-order valence-electron chi connectivity index (χ2n) is 7.31. The number of piperazine rings is 2. The van der Waals surface area contributed by atoms with Gasteiger partial charge >= 0.3 is 0 Å². The molecular formula is C21H30Cl2N6O. The summed E-state index contributed by atoms with van der Waals surface area (Å²) in [5.74, 6) is 2.03. The highest BCUT2D eigenvalue weighted by atomic mass is 35.5. The Balaban J connectivity index is 0.00000160. The van der Waals surface area contributed by atoms with E-state index in [4.69, 9.17) is 4.98 Å². The first-order valence-electron chi connectivity index (χ1n) is 10.1. The van der Waals surface area contributed by atoms with Crippen molar-refractivity contribution >= 4 is 36.5 Å². The number of hydrogen-bond donors (Lipinski definition) is 1. The van der Waals surface area contributed by atoms with Gasteiger partial charge in [0.15, 0.2) is 5.82 Å². The maximum Gasteiger partial charge on any atom is 0.223 e. The van der Waals surface area contributed by atoms with Crippen LogP contribution in [0.25, 0.3) is 11.4 Å². The van der Waals surface area contributed by atoms with E-state index in [0.29, 0.717) is 6.42 Å². The van der Waals surface area contributed by atoms with E-state index in [9.17, 15) is 4.79 Å². The van der Waals surface area contributed by atoms with E-state index in [1.54, 1.807) is 0 Å². The van der Waals surface area contributed by atoms with Gasteiger partial charge in [-0.25, -0.2) is 9.97 Å². The summed E-state index contributed by atoms with van der Waals surface area (Å²) >= 11 is 0. The van der Waals surface area contributed by atoms with Crippen LogP contribution in [0.1, 0.15) is 6.42 Å². The second-order valence-corrected chi connectivity index (χ2v) is 7.31. The van der Waals surface area contributed by atoms with Crippen LogP contribution in [0.15, 0.2) is 42.6 Å². The van der Waals surface area contributed by atoms with Crippen LogP contribution >= 0.6 is 24.8 Å². The number of nitrogens with one attached hydrogen (secondary N) is 1. The van der Waals surface area contributed by atoms with Crippen molar-refractivity contribution < 1.29 is 4.79 Å². The molecule has 2 aliphatic heterocycles. The number of aromatic nitrogens is 2. The summed E-state index contributed by atoms with van der Waals surface area (Å²) in [5, 5.41) is 3.29. The molecular weight excluding hydrogens is 423 g/mol. The number of carbonyl (C=O) groups is 1. The fourth-order valence-corrected chi connectivity index (χ4v) is 3.78. The third-order valence-electron chi connectivity index (χ3n) is 5.48. The van der Waals surface area contributed by atoms with E-state index in [1.807, 2.05) is 47.5 Å². The van der Waals surface area contributed by atoms with Crippen LogP contribution in [-0.4, -0.2) is 84.6 Å². The van der Waals surface area contributed by atoms with Gasteiger partial charge in [-0.2, -0.15) is 0 Å². The van der Waals surface area contributed by atoms with Gasteiger partial charge in [0.1, 0.15) is 5.82 Å². The Labute approximate surface area is 190 Å². The van der Waals surface area contributed by atoms with Crippen molar-refractivity contribution in [2.75, 3.05) is 63.8 Å². The molecule has 0 atom stereocenters. The van der Waals surface area contributed by atoms with E-state index in [0.717, 1.165) is 76.1 Å². The molecule has 0 aliphatic carbocycles. The molecule has 2 aliphatic rings. The monoisotopic (exact) mass is 452 g/mol. The molecule has 30 heavy (non-hydrogen) atoms. The molecule has 0 bridgehead atoms. The molecule has 1 aromatic carbocycles. The number of benzene rings is 1. The van der Waals surface area contributed by atoms with Crippen LogP contribution in [0, 0.1) is 0 Å². The van der Waals surface area contributed by atoms with E-state index < -0.39 is 0 Å². The molecule has 7 nitrogen and oxygen atoms in total. The number of carbonyl (C=O) groups excluding carboxylic acids is 1. The molecule has 3 heterocycles. The maximum atomic E-state index is 12.3. The summed E-state index contributed by atoms with van der Waals surface area (Å²) in [6, 6.07) is 12.1. The third-order valence-corrected chi connectivity index (χ3v) is 5.48. The Bertz CT molecular complexity index is 780. The molecule has 2 fully saturated rings. The van der Waals surface area contributed by atoms with Gasteiger partial charge in [-0.3, -0.25) is 9.69 Å². The number of halogens is 2.